The van der Waals surface area contributed by atoms with Crippen molar-refractivity contribution >= 4 is 19.8 Å². The molecule has 4 N–H and O–H groups in total. The van der Waals surface area contributed by atoms with Crippen LogP contribution in [0.15, 0.2) is 48.6 Å². The highest BCUT2D eigenvalue weighted by molar-refractivity contribution is 7.46. The van der Waals surface area contributed by atoms with Crippen molar-refractivity contribution in [3.63, 3.8) is 0 Å². The number of aliphatic hydroxyl groups is 2. The van der Waals surface area contributed by atoms with E-state index in [1.165, 1.54) is 77.0 Å². The molecule has 0 amide bonds. The summed E-state index contributed by atoms with van der Waals surface area (Å²) in [7, 11) is -4.82. The van der Waals surface area contributed by atoms with E-state index in [0.29, 0.717) is 12.8 Å². The molecule has 0 saturated carbocycles. The molecule has 11 heteroatoms. The minimum Gasteiger partial charge on any atom is -0.462 e. The van der Waals surface area contributed by atoms with Gasteiger partial charge in [0.2, 0.25) is 0 Å². The van der Waals surface area contributed by atoms with E-state index in [1.807, 2.05) is 12.2 Å². The molecule has 0 aromatic rings. The summed E-state index contributed by atoms with van der Waals surface area (Å²) in [6, 6.07) is 0. The third-order valence-electron chi connectivity index (χ3n) is 9.02. The first-order chi connectivity index (χ1) is 26.1. The fraction of sp³-hybridized carbons (Fsp3) is 0.767. The maximum Gasteiger partial charge on any atom is 0.469 e. The molecule has 0 fully saturated rings. The van der Waals surface area contributed by atoms with E-state index in [4.69, 9.17) is 19.3 Å². The van der Waals surface area contributed by atoms with Crippen LogP contribution in [0.2, 0.25) is 0 Å². The molecule has 0 aliphatic heterocycles. The lowest BCUT2D eigenvalue weighted by atomic mass is 10.0. The number of unbranched alkanes of at least 4 members (excludes halogenated alkanes) is 16. The SMILES string of the molecule is CCCCC/C=C\C/C=C\C/C=C\CC(O)C(O)CCCC(=O)OC[C@H](COP(=O)(O)O)OC(=O)CCCCCCCCC/C=C\CCCCCCCC. The molecular formula is C43H77O10P. The third kappa shape index (κ3) is 38.2. The molecule has 10 nitrogen and oxygen atoms in total. The molecule has 314 valence electrons. The van der Waals surface area contributed by atoms with Crippen LogP contribution in [-0.4, -0.2) is 63.5 Å². The van der Waals surface area contributed by atoms with Gasteiger partial charge in [0.05, 0.1) is 18.8 Å². The van der Waals surface area contributed by atoms with E-state index in [2.05, 4.69) is 54.8 Å². The molecule has 3 atom stereocenters. The molecule has 0 saturated heterocycles. The zero-order valence-corrected chi connectivity index (χ0v) is 34.7. The smallest absolute Gasteiger partial charge is 0.462 e. The minimum atomic E-state index is -4.82. The summed E-state index contributed by atoms with van der Waals surface area (Å²) >= 11 is 0. The first kappa shape index (κ1) is 51.9. The lowest BCUT2D eigenvalue weighted by molar-refractivity contribution is -0.161. The number of rotatable bonds is 38. The fourth-order valence-electron chi connectivity index (χ4n) is 5.71. The topological polar surface area (TPSA) is 160 Å². The molecule has 0 rings (SSSR count). The van der Waals surface area contributed by atoms with Gasteiger partial charge in [-0.1, -0.05) is 140 Å². The van der Waals surface area contributed by atoms with E-state index < -0.39 is 51.3 Å². The summed E-state index contributed by atoms with van der Waals surface area (Å²) in [6.45, 7) is 3.40. The van der Waals surface area contributed by atoms with Gasteiger partial charge in [0.1, 0.15) is 6.61 Å². The molecular weight excluding hydrogens is 707 g/mol. The number of ether oxygens (including phenoxy) is 2. The average Bonchev–Trinajstić information content (AvgIpc) is 3.13. The van der Waals surface area contributed by atoms with Crippen LogP contribution >= 0.6 is 7.82 Å². The highest BCUT2D eigenvalue weighted by Crippen LogP contribution is 2.36. The Balaban J connectivity index is 4.17. The van der Waals surface area contributed by atoms with Gasteiger partial charge in [-0.25, -0.2) is 4.57 Å². The maximum atomic E-state index is 12.4. The highest BCUT2D eigenvalue weighted by Gasteiger charge is 2.23. The van der Waals surface area contributed by atoms with E-state index >= 15 is 0 Å². The number of carbonyl (C=O) groups excluding carboxylic acids is 2. The van der Waals surface area contributed by atoms with E-state index in [9.17, 15) is 24.4 Å². The van der Waals surface area contributed by atoms with Crippen LogP contribution in [0.1, 0.15) is 181 Å². The summed E-state index contributed by atoms with van der Waals surface area (Å²) in [4.78, 5) is 42.9. The second-order valence-electron chi connectivity index (χ2n) is 14.3. The molecule has 0 aromatic carbocycles. The highest BCUT2D eigenvalue weighted by atomic mass is 31.2. The monoisotopic (exact) mass is 785 g/mol. The Labute approximate surface area is 328 Å². The van der Waals surface area contributed by atoms with Crippen molar-refractivity contribution in [2.24, 2.45) is 0 Å². The summed E-state index contributed by atoms with van der Waals surface area (Å²) in [6.07, 6.45) is 38.6. The molecule has 0 bridgehead atoms. The second kappa shape index (κ2) is 37.8. The predicted octanol–water partition coefficient (Wildman–Crippen LogP) is 10.7. The molecule has 0 aliphatic carbocycles. The normalized spacial score (nSPS) is 14.1. The van der Waals surface area contributed by atoms with Crippen molar-refractivity contribution in [2.75, 3.05) is 13.2 Å². The molecule has 0 heterocycles. The minimum absolute atomic E-state index is 0.0482. The second-order valence-corrected chi connectivity index (χ2v) is 15.5. The van der Waals surface area contributed by atoms with Gasteiger partial charge in [-0.3, -0.25) is 14.1 Å². The van der Waals surface area contributed by atoms with Crippen molar-refractivity contribution in [1.82, 2.24) is 0 Å². The van der Waals surface area contributed by atoms with Gasteiger partial charge < -0.3 is 29.5 Å². The number of aliphatic hydroxyl groups excluding tert-OH is 2. The number of hydrogen-bond acceptors (Lipinski definition) is 8. The zero-order chi connectivity index (χ0) is 40.0. The maximum absolute atomic E-state index is 12.4. The lowest BCUT2D eigenvalue weighted by Gasteiger charge is -2.19. The van der Waals surface area contributed by atoms with Gasteiger partial charge >= 0.3 is 19.8 Å². The Bertz CT molecular complexity index is 1050. The summed E-state index contributed by atoms with van der Waals surface area (Å²) < 4.78 is 26.2. The molecule has 0 spiro atoms. The summed E-state index contributed by atoms with van der Waals surface area (Å²) in [5, 5.41) is 20.5. The third-order valence-corrected chi connectivity index (χ3v) is 9.51. The number of hydrogen-bond donors (Lipinski definition) is 4. The molecule has 0 radical (unpaired) electrons. The van der Waals surface area contributed by atoms with Crippen LogP contribution in [0.5, 0.6) is 0 Å². The number of esters is 2. The quantitative estimate of drug-likeness (QED) is 0.0205. The molecule has 2 unspecified atom stereocenters. The van der Waals surface area contributed by atoms with Crippen LogP contribution in [0.3, 0.4) is 0 Å². The first-order valence-corrected chi connectivity index (χ1v) is 22.6. The number of allylic oxidation sites excluding steroid dienone is 7. The van der Waals surface area contributed by atoms with Gasteiger partial charge in [-0.2, -0.15) is 0 Å². The largest absolute Gasteiger partial charge is 0.469 e. The van der Waals surface area contributed by atoms with E-state index in [-0.39, 0.29) is 25.7 Å². The van der Waals surface area contributed by atoms with Crippen LogP contribution in [-0.2, 0) is 28.2 Å². The number of carbonyl (C=O) groups is 2. The van der Waals surface area contributed by atoms with E-state index in [0.717, 1.165) is 51.4 Å². The Kier molecular flexibility index (Phi) is 36.4. The van der Waals surface area contributed by atoms with Gasteiger partial charge in [-0.15, -0.1) is 0 Å². The van der Waals surface area contributed by atoms with Crippen molar-refractivity contribution in [2.45, 2.75) is 199 Å². The predicted molar refractivity (Wildman–Crippen MR) is 219 cm³/mol. The summed E-state index contributed by atoms with van der Waals surface area (Å²) in [5.41, 5.74) is 0. The average molecular weight is 785 g/mol. The van der Waals surface area contributed by atoms with Crippen LogP contribution in [0.25, 0.3) is 0 Å². The van der Waals surface area contributed by atoms with Gasteiger partial charge in [0.25, 0.3) is 0 Å². The van der Waals surface area contributed by atoms with Crippen molar-refractivity contribution in [3.8, 4) is 0 Å². The molecule has 0 aliphatic rings. The Morgan fingerprint density at radius 2 is 1.02 bits per heavy atom. The lowest BCUT2D eigenvalue weighted by Crippen LogP contribution is -2.29. The fourth-order valence-corrected chi connectivity index (χ4v) is 6.07. The molecule has 0 aromatic heterocycles. The summed E-state index contributed by atoms with van der Waals surface area (Å²) in [5.74, 6) is -1.17. The van der Waals surface area contributed by atoms with Crippen molar-refractivity contribution in [1.29, 1.82) is 0 Å². The van der Waals surface area contributed by atoms with E-state index in [1.54, 1.807) is 0 Å². The number of phosphoric ester groups is 1. The first-order valence-electron chi connectivity index (χ1n) is 21.1. The van der Waals surface area contributed by atoms with Crippen molar-refractivity contribution in [3.05, 3.63) is 48.6 Å². The Hall–Kier alpha value is -2.07. The standard InChI is InChI=1S/C43H77O10P/c1-3-5-7-9-11-13-15-17-18-19-20-21-23-25-27-29-31-35-43(47)53-39(38-52-54(48,49)50)37-51-42(46)36-32-34-41(45)40(44)33-30-28-26-24-22-16-14-12-10-8-6-4-2/h12,14,17-18,22,24,28,30,39-41,44-45H,3-11,13,15-16,19-21,23,25-27,29,31-38H2,1-2H3,(H2,48,49,50)/b14-12-,18-17-,24-22-,30-28-/t39-,40?,41?/m1/s1. The Morgan fingerprint density at radius 3 is 1.61 bits per heavy atom. The van der Waals surface area contributed by atoms with Crippen LogP contribution in [0, 0.1) is 0 Å². The number of phosphoric acid groups is 1. The molecule has 54 heavy (non-hydrogen) atoms. The zero-order valence-electron chi connectivity index (χ0n) is 33.8. The van der Waals surface area contributed by atoms with Gasteiger partial charge in [-0.05, 0) is 77.0 Å². The van der Waals surface area contributed by atoms with Gasteiger partial charge in [0, 0.05) is 12.8 Å². The van der Waals surface area contributed by atoms with Gasteiger partial charge in [0.15, 0.2) is 6.10 Å². The van der Waals surface area contributed by atoms with Crippen LogP contribution in [0.4, 0.5) is 0 Å². The van der Waals surface area contributed by atoms with Crippen molar-refractivity contribution < 1.29 is 48.2 Å². The van der Waals surface area contributed by atoms with Crippen LogP contribution < -0.4 is 0 Å². The Morgan fingerprint density at radius 1 is 0.556 bits per heavy atom.